The fourth-order valence-electron chi connectivity index (χ4n) is 3.00. The van der Waals surface area contributed by atoms with Crippen LogP contribution in [-0.2, 0) is 4.79 Å². The van der Waals surface area contributed by atoms with Crippen molar-refractivity contribution in [1.82, 2.24) is 10.2 Å². The number of thioether (sulfide) groups is 2. The molecule has 2 rings (SSSR count). The molecule has 0 saturated heterocycles. The minimum absolute atomic E-state index is 0.146. The maximum Gasteiger partial charge on any atom is 0.235 e. The first-order valence-electron chi connectivity index (χ1n) is 10.4. The molecule has 0 radical (unpaired) electrons. The Morgan fingerprint density at radius 3 is 2.41 bits per heavy atom. The van der Waals surface area contributed by atoms with Crippen LogP contribution in [0.5, 0.6) is 5.75 Å². The minimum atomic E-state index is -0.312. The third-order valence-corrected chi connectivity index (χ3v) is 6.50. The summed E-state index contributed by atoms with van der Waals surface area (Å²) in [7, 11) is 4.96. The van der Waals surface area contributed by atoms with Gasteiger partial charge in [-0.15, -0.1) is 0 Å². The summed E-state index contributed by atoms with van der Waals surface area (Å²) in [5.41, 5.74) is 1.64. The lowest BCUT2D eigenvalue weighted by Gasteiger charge is -2.26. The number of halogens is 1. The molecule has 180 valence electrons. The van der Waals surface area contributed by atoms with Gasteiger partial charge in [0, 0.05) is 31.8 Å². The number of nitrogens with zero attached hydrogens (tertiary/aromatic N) is 3. The molecule has 2 aromatic carbocycles. The van der Waals surface area contributed by atoms with E-state index in [1.54, 1.807) is 33.3 Å². The van der Waals surface area contributed by atoms with Crippen molar-refractivity contribution in [2.24, 2.45) is 9.98 Å². The maximum atomic E-state index is 13.3. The highest BCUT2D eigenvalue weighted by Crippen LogP contribution is 2.24. The van der Waals surface area contributed by atoms with Gasteiger partial charge in [-0.3, -0.25) is 14.8 Å². The third kappa shape index (κ3) is 7.78. The molecule has 0 atom stereocenters. The number of aliphatic imine (C=N–C) groups is 2. The molecule has 0 aliphatic rings. The summed E-state index contributed by atoms with van der Waals surface area (Å²) >= 11 is 2.57. The number of methoxy groups -OCH3 is 1. The minimum Gasteiger partial charge on any atom is -0.497 e. The second kappa shape index (κ2) is 13.6. The first kappa shape index (κ1) is 27.2. The van der Waals surface area contributed by atoms with Crippen LogP contribution in [0.1, 0.15) is 18.1 Å². The van der Waals surface area contributed by atoms with Gasteiger partial charge in [0.25, 0.3) is 0 Å². The van der Waals surface area contributed by atoms with E-state index in [2.05, 4.69) is 28.5 Å². The fourth-order valence-corrected chi connectivity index (χ4v) is 4.47. The Labute approximate surface area is 209 Å². The summed E-state index contributed by atoms with van der Waals surface area (Å²) in [5.74, 6) is 1.00. The van der Waals surface area contributed by atoms with E-state index in [9.17, 15) is 9.18 Å². The molecule has 0 spiro atoms. The third-order valence-electron chi connectivity index (χ3n) is 4.58. The summed E-state index contributed by atoms with van der Waals surface area (Å²) < 4.78 is 18.6. The Hall–Kier alpha value is -3.04. The Kier molecular flexibility index (Phi) is 10.9. The highest BCUT2D eigenvalue weighted by Gasteiger charge is 2.17. The van der Waals surface area contributed by atoms with Crippen LogP contribution in [-0.4, -0.2) is 55.2 Å². The first-order valence-corrected chi connectivity index (χ1v) is 12.2. The van der Waals surface area contributed by atoms with Crippen LogP contribution in [0.25, 0.3) is 0 Å². The van der Waals surface area contributed by atoms with Crippen LogP contribution < -0.4 is 10.1 Å². The van der Waals surface area contributed by atoms with Gasteiger partial charge >= 0.3 is 0 Å². The number of amides is 1. The van der Waals surface area contributed by atoms with Crippen LogP contribution in [0.2, 0.25) is 0 Å². The smallest absolute Gasteiger partial charge is 0.235 e. The topological polar surface area (TPSA) is 66.3 Å². The molecule has 6 nitrogen and oxygen atoms in total. The quantitative estimate of drug-likeness (QED) is 0.362. The largest absolute Gasteiger partial charge is 0.497 e. The molecule has 0 unspecified atom stereocenters. The van der Waals surface area contributed by atoms with Crippen LogP contribution in [0.4, 0.5) is 4.39 Å². The SMILES string of the molecule is C=C(NC(=O)CSC(=C)N(CC)/C(=N\C)c1ccc(F)cc1)S/C(=N\C)c1cccc(OC)c1. The van der Waals surface area contributed by atoms with Gasteiger partial charge in [-0.1, -0.05) is 48.8 Å². The Morgan fingerprint density at radius 2 is 1.82 bits per heavy atom. The highest BCUT2D eigenvalue weighted by atomic mass is 32.2. The van der Waals surface area contributed by atoms with E-state index in [4.69, 9.17) is 4.74 Å². The summed E-state index contributed by atoms with van der Waals surface area (Å²) in [6.45, 7) is 10.6. The van der Waals surface area contributed by atoms with Crippen LogP contribution >= 0.6 is 23.5 Å². The lowest BCUT2D eigenvalue weighted by atomic mass is 10.2. The van der Waals surface area contributed by atoms with Crippen molar-refractivity contribution in [1.29, 1.82) is 0 Å². The number of ether oxygens (including phenoxy) is 1. The summed E-state index contributed by atoms with van der Waals surface area (Å²) in [5, 5.41) is 4.64. The molecule has 34 heavy (non-hydrogen) atoms. The van der Waals surface area contributed by atoms with Crippen molar-refractivity contribution in [3.8, 4) is 5.75 Å². The van der Waals surface area contributed by atoms with Gasteiger partial charge in [0.2, 0.25) is 5.91 Å². The Morgan fingerprint density at radius 1 is 1.12 bits per heavy atom. The van der Waals surface area contributed by atoms with E-state index in [0.29, 0.717) is 27.5 Å². The van der Waals surface area contributed by atoms with Crippen molar-refractivity contribution in [2.45, 2.75) is 6.92 Å². The molecule has 2 aromatic rings. The van der Waals surface area contributed by atoms with Gasteiger partial charge in [0.1, 0.15) is 22.4 Å². The van der Waals surface area contributed by atoms with Gasteiger partial charge in [-0.25, -0.2) is 4.39 Å². The normalized spacial score (nSPS) is 11.7. The summed E-state index contributed by atoms with van der Waals surface area (Å²) in [4.78, 5) is 23.1. The molecule has 9 heteroatoms. The number of rotatable bonds is 10. The van der Waals surface area contributed by atoms with Gasteiger partial charge in [-0.05, 0) is 43.3 Å². The number of hydrogen-bond acceptors (Lipinski definition) is 6. The van der Waals surface area contributed by atoms with Crippen LogP contribution in [0.15, 0.2) is 81.7 Å². The van der Waals surface area contributed by atoms with Gasteiger partial charge in [0.15, 0.2) is 0 Å². The average Bonchev–Trinajstić information content (AvgIpc) is 2.85. The molecule has 0 aliphatic carbocycles. The first-order chi connectivity index (χ1) is 16.3. The number of benzene rings is 2. The number of carbonyl (C=O) groups is 1. The van der Waals surface area contributed by atoms with Crippen molar-refractivity contribution in [3.63, 3.8) is 0 Å². The van der Waals surface area contributed by atoms with E-state index >= 15 is 0 Å². The van der Waals surface area contributed by atoms with Crippen LogP contribution in [0, 0.1) is 5.82 Å². The van der Waals surface area contributed by atoms with Gasteiger partial charge in [-0.2, -0.15) is 0 Å². The summed E-state index contributed by atoms with van der Waals surface area (Å²) in [6.07, 6.45) is 0. The maximum absolute atomic E-state index is 13.3. The van der Waals surface area contributed by atoms with E-state index in [1.165, 1.54) is 35.7 Å². The average molecular weight is 501 g/mol. The van der Waals surface area contributed by atoms with Crippen molar-refractivity contribution >= 4 is 40.3 Å². The van der Waals surface area contributed by atoms with Crippen LogP contribution in [0.3, 0.4) is 0 Å². The second-order valence-electron chi connectivity index (χ2n) is 6.81. The number of hydrogen-bond donors (Lipinski definition) is 1. The molecule has 0 aliphatic heterocycles. The molecule has 1 amide bonds. The zero-order valence-electron chi connectivity index (χ0n) is 19.8. The van der Waals surface area contributed by atoms with E-state index in [1.807, 2.05) is 36.1 Å². The van der Waals surface area contributed by atoms with Crippen molar-refractivity contribution in [2.75, 3.05) is 33.5 Å². The van der Waals surface area contributed by atoms with Crippen molar-refractivity contribution < 1.29 is 13.9 Å². The predicted molar refractivity (Wildman–Crippen MR) is 143 cm³/mol. The molecule has 0 bridgehead atoms. The second-order valence-corrected chi connectivity index (χ2v) is 8.95. The zero-order valence-corrected chi connectivity index (χ0v) is 21.4. The lowest BCUT2D eigenvalue weighted by molar-refractivity contribution is -0.117. The van der Waals surface area contributed by atoms with E-state index in [0.717, 1.165) is 16.9 Å². The van der Waals surface area contributed by atoms with E-state index in [-0.39, 0.29) is 17.5 Å². The fraction of sp³-hybridized carbons (Fsp3) is 0.240. The summed E-state index contributed by atoms with van der Waals surface area (Å²) in [6, 6.07) is 13.6. The number of amidine groups is 1. The Bertz CT molecular complexity index is 1080. The predicted octanol–water partition coefficient (Wildman–Crippen LogP) is 5.13. The van der Waals surface area contributed by atoms with Gasteiger partial charge < -0.3 is 15.0 Å². The monoisotopic (exact) mass is 500 g/mol. The van der Waals surface area contributed by atoms with Gasteiger partial charge in [0.05, 0.1) is 22.9 Å². The standard InChI is InChI=1S/C25H29FN4O2S2/c1-7-30(24(27-4)19-11-13-21(26)14-12-19)18(3)33-16-23(31)29-17(2)34-25(28-5)20-9-8-10-22(15-20)32-6/h8-15H,2-3,7,16H2,1,4-6H3,(H,29,31)/b27-24-,28-25-. The molecular weight excluding hydrogens is 471 g/mol. The molecular formula is C25H29FN4O2S2. The molecule has 0 heterocycles. The van der Waals surface area contributed by atoms with E-state index < -0.39 is 0 Å². The van der Waals surface area contributed by atoms with Crippen molar-refractivity contribution in [3.05, 3.63) is 88.7 Å². The highest BCUT2D eigenvalue weighted by molar-refractivity contribution is 8.17. The molecule has 1 N–H and O–H groups in total. The number of nitrogens with one attached hydrogen (secondary N) is 1. The lowest BCUT2D eigenvalue weighted by Crippen LogP contribution is -2.31. The molecule has 0 fully saturated rings. The Balaban J connectivity index is 1.94. The number of carbonyl (C=O) groups excluding carboxylic acids is 1. The molecule has 0 aromatic heterocycles. The zero-order chi connectivity index (χ0) is 25.1. The molecule has 0 saturated carbocycles.